The van der Waals surface area contributed by atoms with Crippen LogP contribution in [0.5, 0.6) is 0 Å². The molecule has 0 rings (SSSR count). The molecule has 170 valence electrons. The van der Waals surface area contributed by atoms with Crippen LogP contribution in [0.2, 0.25) is 0 Å². The van der Waals surface area contributed by atoms with E-state index >= 15 is 0 Å². The molecule has 0 aliphatic carbocycles. The van der Waals surface area contributed by atoms with Crippen molar-refractivity contribution in [2.24, 2.45) is 0 Å². The van der Waals surface area contributed by atoms with Crippen LogP contribution in [-0.2, 0) is 4.79 Å². The largest absolute Gasteiger partial charge is 0.481 e. The van der Waals surface area contributed by atoms with Gasteiger partial charge in [-0.25, -0.2) is 0 Å². The predicted octanol–water partition coefficient (Wildman–Crippen LogP) is 9.40. The molecule has 0 saturated carbocycles. The molecule has 0 unspecified atom stereocenters. The highest BCUT2D eigenvalue weighted by molar-refractivity contribution is 5.66. The lowest BCUT2D eigenvalue weighted by atomic mass is 10.0. The van der Waals surface area contributed by atoms with E-state index in [0.717, 1.165) is 19.3 Å². The van der Waals surface area contributed by atoms with E-state index in [1.54, 1.807) is 0 Å². The molecule has 0 aliphatic heterocycles. The standard InChI is InChI=1S/C27H50O2/c1-2-3-4-5-6-7-8-9-10-11-12-13-14-15-16-17-18-19-20-21-22-23-24-25-26-27(28)29/h15-18H,2-14,19-26H2,1H3,(H,28,29)/b16-15+,18-17+. The molecule has 0 heterocycles. The van der Waals surface area contributed by atoms with E-state index in [0.29, 0.717) is 6.42 Å². The third kappa shape index (κ3) is 26.9. The van der Waals surface area contributed by atoms with Crippen LogP contribution in [-0.4, -0.2) is 11.1 Å². The third-order valence-electron chi connectivity index (χ3n) is 5.62. The molecule has 2 nitrogen and oxygen atoms in total. The topological polar surface area (TPSA) is 37.3 Å². The average molecular weight is 407 g/mol. The summed E-state index contributed by atoms with van der Waals surface area (Å²) in [6.07, 6.45) is 35.6. The van der Waals surface area contributed by atoms with Crippen molar-refractivity contribution < 1.29 is 9.90 Å². The van der Waals surface area contributed by atoms with Gasteiger partial charge in [0.05, 0.1) is 0 Å². The first-order valence-corrected chi connectivity index (χ1v) is 12.8. The average Bonchev–Trinajstić information content (AvgIpc) is 2.71. The molecule has 0 aromatic heterocycles. The number of rotatable bonds is 23. The third-order valence-corrected chi connectivity index (χ3v) is 5.62. The Kier molecular flexibility index (Phi) is 24.1. The van der Waals surface area contributed by atoms with Crippen LogP contribution in [0.25, 0.3) is 0 Å². The minimum absolute atomic E-state index is 0.328. The van der Waals surface area contributed by atoms with Crippen molar-refractivity contribution in [1.29, 1.82) is 0 Å². The molecule has 0 saturated heterocycles. The second-order valence-corrected chi connectivity index (χ2v) is 8.59. The molecule has 0 fully saturated rings. The van der Waals surface area contributed by atoms with Gasteiger partial charge in [0.15, 0.2) is 0 Å². The molecular formula is C27H50O2. The van der Waals surface area contributed by atoms with Crippen molar-refractivity contribution >= 4 is 5.97 Å². The van der Waals surface area contributed by atoms with Crippen molar-refractivity contribution in [2.45, 2.75) is 142 Å². The van der Waals surface area contributed by atoms with Crippen LogP contribution < -0.4 is 0 Å². The Balaban J connectivity index is 3.17. The Hall–Kier alpha value is -1.05. The molecule has 0 bridgehead atoms. The molecular weight excluding hydrogens is 356 g/mol. The Morgan fingerprint density at radius 1 is 0.552 bits per heavy atom. The molecule has 29 heavy (non-hydrogen) atoms. The van der Waals surface area contributed by atoms with Crippen molar-refractivity contribution in [1.82, 2.24) is 0 Å². The number of unbranched alkanes of at least 4 members (excludes halogenated alkanes) is 18. The molecule has 0 amide bonds. The molecule has 1 N–H and O–H groups in total. The van der Waals surface area contributed by atoms with Crippen molar-refractivity contribution in [3.8, 4) is 0 Å². The van der Waals surface area contributed by atoms with Gasteiger partial charge < -0.3 is 5.11 Å². The van der Waals surface area contributed by atoms with E-state index in [-0.39, 0.29) is 0 Å². The van der Waals surface area contributed by atoms with Gasteiger partial charge in [-0.05, 0) is 32.1 Å². The van der Waals surface area contributed by atoms with Crippen LogP contribution in [0, 0.1) is 0 Å². The fraction of sp³-hybridized carbons (Fsp3) is 0.815. The number of hydrogen-bond acceptors (Lipinski definition) is 1. The van der Waals surface area contributed by atoms with E-state index in [1.807, 2.05) is 0 Å². The van der Waals surface area contributed by atoms with Gasteiger partial charge in [0.1, 0.15) is 0 Å². The monoisotopic (exact) mass is 406 g/mol. The summed E-state index contributed by atoms with van der Waals surface area (Å²) < 4.78 is 0. The van der Waals surface area contributed by atoms with Crippen molar-refractivity contribution in [2.75, 3.05) is 0 Å². The zero-order valence-corrected chi connectivity index (χ0v) is 19.5. The molecule has 0 aromatic rings. The molecule has 0 spiro atoms. The van der Waals surface area contributed by atoms with E-state index in [2.05, 4.69) is 31.2 Å². The lowest BCUT2D eigenvalue weighted by Gasteiger charge is -2.02. The van der Waals surface area contributed by atoms with Gasteiger partial charge in [-0.1, -0.05) is 128 Å². The smallest absolute Gasteiger partial charge is 0.303 e. The first-order valence-electron chi connectivity index (χ1n) is 12.8. The maximum absolute atomic E-state index is 10.4. The fourth-order valence-corrected chi connectivity index (χ4v) is 3.70. The Labute approximate surface area is 182 Å². The number of aliphatic carboxylic acids is 1. The van der Waals surface area contributed by atoms with E-state index in [4.69, 9.17) is 5.11 Å². The van der Waals surface area contributed by atoms with Gasteiger partial charge in [0.25, 0.3) is 0 Å². The zero-order valence-electron chi connectivity index (χ0n) is 19.5. The van der Waals surface area contributed by atoms with Crippen molar-refractivity contribution in [3.63, 3.8) is 0 Å². The molecule has 0 aromatic carbocycles. The Morgan fingerprint density at radius 2 is 0.897 bits per heavy atom. The SMILES string of the molecule is CCCCCCCCCCCCCC/C=C/C=C/CCCCCCCCC(=O)O. The number of carbonyl (C=O) groups is 1. The second-order valence-electron chi connectivity index (χ2n) is 8.59. The summed E-state index contributed by atoms with van der Waals surface area (Å²) >= 11 is 0. The number of carboxylic acid groups (broad SMARTS) is 1. The minimum Gasteiger partial charge on any atom is -0.481 e. The summed E-state index contributed by atoms with van der Waals surface area (Å²) in [5.74, 6) is -0.665. The van der Waals surface area contributed by atoms with Gasteiger partial charge in [0.2, 0.25) is 0 Å². The highest BCUT2D eigenvalue weighted by Crippen LogP contribution is 2.13. The normalized spacial score (nSPS) is 11.8. The van der Waals surface area contributed by atoms with Crippen LogP contribution >= 0.6 is 0 Å². The van der Waals surface area contributed by atoms with Gasteiger partial charge >= 0.3 is 5.97 Å². The van der Waals surface area contributed by atoms with Crippen LogP contribution in [0.4, 0.5) is 0 Å². The van der Waals surface area contributed by atoms with Gasteiger partial charge in [-0.3, -0.25) is 4.79 Å². The first kappa shape index (κ1) is 27.9. The predicted molar refractivity (Wildman–Crippen MR) is 129 cm³/mol. The van der Waals surface area contributed by atoms with Gasteiger partial charge in [-0.2, -0.15) is 0 Å². The van der Waals surface area contributed by atoms with Crippen LogP contribution in [0.1, 0.15) is 142 Å². The van der Waals surface area contributed by atoms with Crippen LogP contribution in [0.3, 0.4) is 0 Å². The molecule has 0 atom stereocenters. The van der Waals surface area contributed by atoms with Gasteiger partial charge in [0, 0.05) is 6.42 Å². The summed E-state index contributed by atoms with van der Waals surface area (Å²) in [5, 5.41) is 8.58. The number of allylic oxidation sites excluding steroid dienone is 4. The maximum atomic E-state index is 10.4. The van der Waals surface area contributed by atoms with Crippen LogP contribution in [0.15, 0.2) is 24.3 Å². The first-order chi connectivity index (χ1) is 14.3. The summed E-state index contributed by atoms with van der Waals surface area (Å²) in [5.41, 5.74) is 0. The number of hydrogen-bond donors (Lipinski definition) is 1. The highest BCUT2D eigenvalue weighted by atomic mass is 16.4. The lowest BCUT2D eigenvalue weighted by molar-refractivity contribution is -0.137. The van der Waals surface area contributed by atoms with Gasteiger partial charge in [-0.15, -0.1) is 0 Å². The number of carboxylic acids is 1. The second kappa shape index (κ2) is 25.0. The zero-order chi connectivity index (χ0) is 21.3. The Morgan fingerprint density at radius 3 is 1.28 bits per heavy atom. The quantitative estimate of drug-likeness (QED) is 0.135. The van der Waals surface area contributed by atoms with E-state index < -0.39 is 5.97 Å². The van der Waals surface area contributed by atoms with E-state index in [1.165, 1.54) is 109 Å². The lowest BCUT2D eigenvalue weighted by Crippen LogP contribution is -1.93. The molecule has 0 radical (unpaired) electrons. The van der Waals surface area contributed by atoms with Crippen molar-refractivity contribution in [3.05, 3.63) is 24.3 Å². The highest BCUT2D eigenvalue weighted by Gasteiger charge is 1.96. The molecule has 2 heteroatoms. The fourth-order valence-electron chi connectivity index (χ4n) is 3.70. The Bertz CT molecular complexity index is 384. The van der Waals surface area contributed by atoms with E-state index in [9.17, 15) is 4.79 Å². The maximum Gasteiger partial charge on any atom is 0.303 e. The minimum atomic E-state index is -0.665. The summed E-state index contributed by atoms with van der Waals surface area (Å²) in [7, 11) is 0. The summed E-state index contributed by atoms with van der Waals surface area (Å²) in [4.78, 5) is 10.4. The summed E-state index contributed by atoms with van der Waals surface area (Å²) in [6.45, 7) is 2.29. The summed E-state index contributed by atoms with van der Waals surface area (Å²) in [6, 6.07) is 0. The molecule has 0 aliphatic rings.